The van der Waals surface area contributed by atoms with Gasteiger partial charge in [0.05, 0.1) is 31.0 Å². The number of pyridine rings is 1. The van der Waals surface area contributed by atoms with E-state index in [1.165, 1.54) is 6.92 Å². The zero-order valence-electron chi connectivity index (χ0n) is 14.6. The Labute approximate surface area is 146 Å². The van der Waals surface area contributed by atoms with Crippen molar-refractivity contribution in [3.63, 3.8) is 0 Å². The van der Waals surface area contributed by atoms with Crippen molar-refractivity contribution in [2.45, 2.75) is 13.8 Å². The second-order valence-electron chi connectivity index (χ2n) is 5.59. The molecule has 0 aliphatic carbocycles. The maximum atomic E-state index is 12.2. The van der Waals surface area contributed by atoms with Crippen molar-refractivity contribution in [1.29, 1.82) is 0 Å². The van der Waals surface area contributed by atoms with E-state index in [0.29, 0.717) is 34.3 Å². The van der Waals surface area contributed by atoms with Crippen LogP contribution in [-0.4, -0.2) is 25.0 Å². The zero-order valence-corrected chi connectivity index (χ0v) is 14.6. The van der Waals surface area contributed by atoms with Crippen LogP contribution in [0.3, 0.4) is 0 Å². The van der Waals surface area contributed by atoms with E-state index in [2.05, 4.69) is 4.98 Å². The number of rotatable bonds is 5. The van der Waals surface area contributed by atoms with E-state index in [9.17, 15) is 4.79 Å². The van der Waals surface area contributed by atoms with Crippen LogP contribution < -0.4 is 14.2 Å². The maximum Gasteiger partial charge on any atom is 0.165 e. The molecule has 0 aliphatic heterocycles. The second-order valence-corrected chi connectivity index (χ2v) is 5.59. The Balaban J connectivity index is 2.18. The molecule has 0 saturated heterocycles. The van der Waals surface area contributed by atoms with Crippen LogP contribution in [0, 0.1) is 6.92 Å². The highest BCUT2D eigenvalue weighted by Crippen LogP contribution is 2.38. The molecule has 0 aliphatic rings. The third kappa shape index (κ3) is 3.13. The largest absolute Gasteiger partial charge is 0.493 e. The Hall–Kier alpha value is -3.08. The van der Waals surface area contributed by atoms with Crippen LogP contribution in [0.25, 0.3) is 10.9 Å². The molecular formula is C20H19NO4. The number of hydrogen-bond donors (Lipinski definition) is 0. The second kappa shape index (κ2) is 6.81. The van der Waals surface area contributed by atoms with Crippen LogP contribution in [0.4, 0.5) is 0 Å². The van der Waals surface area contributed by atoms with Crippen molar-refractivity contribution in [3.05, 3.63) is 53.7 Å². The number of ketones is 1. The summed E-state index contributed by atoms with van der Waals surface area (Å²) in [4.78, 5) is 16.7. The lowest BCUT2D eigenvalue weighted by Crippen LogP contribution is -2.04. The highest BCUT2D eigenvalue weighted by atomic mass is 16.5. The number of Topliss-reactive ketones (excluding diaryl/α,β-unsaturated/α-hetero) is 1. The molecule has 0 unspecified atom stereocenters. The van der Waals surface area contributed by atoms with Gasteiger partial charge >= 0.3 is 0 Å². The van der Waals surface area contributed by atoms with Gasteiger partial charge in [-0.3, -0.25) is 9.78 Å². The first-order valence-electron chi connectivity index (χ1n) is 7.85. The lowest BCUT2D eigenvalue weighted by atomic mass is 10.0. The molecule has 2 aromatic carbocycles. The van der Waals surface area contributed by atoms with Crippen molar-refractivity contribution in [2.24, 2.45) is 0 Å². The quantitative estimate of drug-likeness (QED) is 0.639. The molecule has 0 spiro atoms. The van der Waals surface area contributed by atoms with Crippen molar-refractivity contribution < 1.29 is 19.0 Å². The molecule has 5 nitrogen and oxygen atoms in total. The number of fused-ring (bicyclic) bond motifs is 1. The summed E-state index contributed by atoms with van der Waals surface area (Å²) in [6, 6.07) is 12.9. The molecular weight excluding hydrogens is 318 g/mol. The predicted molar refractivity (Wildman–Crippen MR) is 96.1 cm³/mol. The van der Waals surface area contributed by atoms with E-state index in [0.717, 1.165) is 10.9 Å². The highest BCUT2D eigenvalue weighted by molar-refractivity contribution is 6.03. The van der Waals surface area contributed by atoms with E-state index in [-0.39, 0.29) is 5.78 Å². The third-order valence-electron chi connectivity index (χ3n) is 3.95. The van der Waals surface area contributed by atoms with Gasteiger partial charge in [-0.2, -0.15) is 0 Å². The maximum absolute atomic E-state index is 12.2. The van der Waals surface area contributed by atoms with Crippen LogP contribution in [0.1, 0.15) is 23.0 Å². The number of nitrogens with zero attached hydrogens (tertiary/aromatic N) is 1. The lowest BCUT2D eigenvalue weighted by molar-refractivity contribution is 0.101. The molecule has 1 heterocycles. The first-order chi connectivity index (χ1) is 12.0. The van der Waals surface area contributed by atoms with E-state index in [1.807, 2.05) is 31.2 Å². The van der Waals surface area contributed by atoms with Gasteiger partial charge in [0.1, 0.15) is 11.5 Å². The molecule has 0 bridgehead atoms. The van der Waals surface area contributed by atoms with Crippen LogP contribution in [-0.2, 0) is 0 Å². The van der Waals surface area contributed by atoms with Gasteiger partial charge in [-0.25, -0.2) is 0 Å². The van der Waals surface area contributed by atoms with Crippen LogP contribution in [0.2, 0.25) is 0 Å². The highest BCUT2D eigenvalue weighted by Gasteiger charge is 2.19. The van der Waals surface area contributed by atoms with Crippen molar-refractivity contribution in [2.75, 3.05) is 14.2 Å². The van der Waals surface area contributed by atoms with Crippen molar-refractivity contribution in [3.8, 4) is 23.0 Å². The Morgan fingerprint density at radius 1 is 1.00 bits per heavy atom. The summed E-state index contributed by atoms with van der Waals surface area (Å²) >= 11 is 0. The van der Waals surface area contributed by atoms with E-state index < -0.39 is 0 Å². The number of carbonyl (C=O) groups excluding carboxylic acids is 1. The smallest absolute Gasteiger partial charge is 0.165 e. The fourth-order valence-corrected chi connectivity index (χ4v) is 2.82. The Kier molecular flexibility index (Phi) is 4.57. The molecule has 3 rings (SSSR count). The summed E-state index contributed by atoms with van der Waals surface area (Å²) in [6.07, 6.45) is 0. The standard InChI is InChI=1S/C20H19NO4/c1-12-19(13(2)22)20(15-7-5-6-8-16(15)21-12)25-14-9-10-17(23-3)18(11-14)24-4/h5-11H,1-4H3. The topological polar surface area (TPSA) is 57.7 Å². The molecule has 0 radical (unpaired) electrons. The van der Waals surface area contributed by atoms with Gasteiger partial charge in [0.2, 0.25) is 0 Å². The van der Waals surface area contributed by atoms with Crippen LogP contribution in [0.15, 0.2) is 42.5 Å². The van der Waals surface area contributed by atoms with E-state index >= 15 is 0 Å². The minimum absolute atomic E-state index is 0.0915. The molecule has 0 N–H and O–H groups in total. The summed E-state index contributed by atoms with van der Waals surface area (Å²) in [7, 11) is 3.14. The number of para-hydroxylation sites is 1. The van der Waals surface area contributed by atoms with Gasteiger partial charge in [-0.05, 0) is 38.1 Å². The number of aromatic nitrogens is 1. The van der Waals surface area contributed by atoms with Crippen LogP contribution >= 0.6 is 0 Å². The molecule has 5 heteroatoms. The van der Waals surface area contributed by atoms with Gasteiger partial charge < -0.3 is 14.2 Å². The molecule has 0 saturated carbocycles. The number of hydrogen-bond acceptors (Lipinski definition) is 5. The average molecular weight is 337 g/mol. The summed E-state index contributed by atoms with van der Waals surface area (Å²) in [6.45, 7) is 3.32. The first-order valence-corrected chi connectivity index (χ1v) is 7.85. The predicted octanol–water partition coefficient (Wildman–Crippen LogP) is 4.56. The number of benzene rings is 2. The summed E-state index contributed by atoms with van der Waals surface area (Å²) in [5.74, 6) is 2.13. The van der Waals surface area contributed by atoms with Crippen molar-refractivity contribution in [1.82, 2.24) is 4.98 Å². The Morgan fingerprint density at radius 3 is 2.40 bits per heavy atom. The molecule has 25 heavy (non-hydrogen) atoms. The number of ether oxygens (including phenoxy) is 3. The molecule has 3 aromatic rings. The lowest BCUT2D eigenvalue weighted by Gasteiger charge is -2.15. The number of aryl methyl sites for hydroxylation is 1. The molecule has 1 aromatic heterocycles. The van der Waals surface area contributed by atoms with Gasteiger partial charge in [-0.15, -0.1) is 0 Å². The third-order valence-corrected chi connectivity index (χ3v) is 3.95. The fraction of sp³-hybridized carbons (Fsp3) is 0.200. The number of methoxy groups -OCH3 is 2. The minimum Gasteiger partial charge on any atom is -0.493 e. The Morgan fingerprint density at radius 2 is 1.72 bits per heavy atom. The molecule has 0 amide bonds. The molecule has 128 valence electrons. The number of carbonyl (C=O) groups is 1. The molecule has 0 atom stereocenters. The molecule has 0 fully saturated rings. The first kappa shape index (κ1) is 16.8. The van der Waals surface area contributed by atoms with Gasteiger partial charge in [0.15, 0.2) is 17.3 Å². The van der Waals surface area contributed by atoms with Gasteiger partial charge in [0.25, 0.3) is 0 Å². The minimum atomic E-state index is -0.0915. The fourth-order valence-electron chi connectivity index (χ4n) is 2.82. The van der Waals surface area contributed by atoms with Crippen LogP contribution in [0.5, 0.6) is 23.0 Å². The summed E-state index contributed by atoms with van der Waals surface area (Å²) in [5.41, 5.74) is 1.90. The SMILES string of the molecule is COc1ccc(Oc2c(C(C)=O)c(C)nc3ccccc23)cc1OC. The monoisotopic (exact) mass is 337 g/mol. The normalized spacial score (nSPS) is 10.6. The zero-order chi connectivity index (χ0) is 18.0. The van der Waals surface area contributed by atoms with Gasteiger partial charge in [-0.1, -0.05) is 12.1 Å². The average Bonchev–Trinajstić information content (AvgIpc) is 2.61. The van der Waals surface area contributed by atoms with Crippen molar-refractivity contribution >= 4 is 16.7 Å². The summed E-state index contributed by atoms with van der Waals surface area (Å²) in [5, 5.41) is 0.785. The van der Waals surface area contributed by atoms with E-state index in [1.54, 1.807) is 32.4 Å². The summed E-state index contributed by atoms with van der Waals surface area (Å²) < 4.78 is 16.7. The van der Waals surface area contributed by atoms with Gasteiger partial charge in [0, 0.05) is 11.5 Å². The van der Waals surface area contributed by atoms with E-state index in [4.69, 9.17) is 14.2 Å². The Bertz CT molecular complexity index is 950.